The van der Waals surface area contributed by atoms with Gasteiger partial charge in [-0.15, -0.1) is 0 Å². The van der Waals surface area contributed by atoms with Gasteiger partial charge in [0.15, 0.2) is 0 Å². The van der Waals surface area contributed by atoms with Crippen molar-refractivity contribution >= 4 is 27.5 Å². The lowest BCUT2D eigenvalue weighted by Gasteiger charge is -2.24. The van der Waals surface area contributed by atoms with Crippen LogP contribution >= 0.6 is 15.9 Å². The fourth-order valence-electron chi connectivity index (χ4n) is 2.10. The highest BCUT2D eigenvalue weighted by molar-refractivity contribution is 9.10. The molecule has 0 aliphatic rings. The van der Waals surface area contributed by atoms with Gasteiger partial charge >= 0.3 is 0 Å². The van der Waals surface area contributed by atoms with Crippen molar-refractivity contribution < 1.29 is 4.79 Å². The Kier molecular flexibility index (Phi) is 5.66. The number of nitrogens with one attached hydrogen (secondary N) is 1. The fourth-order valence-corrected chi connectivity index (χ4v) is 2.36. The molecule has 2 atom stereocenters. The van der Waals surface area contributed by atoms with Crippen molar-refractivity contribution in [2.45, 2.75) is 33.2 Å². The lowest BCUT2D eigenvalue weighted by molar-refractivity contribution is -0.119. The minimum Gasteiger partial charge on any atom is -0.373 e. The van der Waals surface area contributed by atoms with E-state index in [0.29, 0.717) is 5.92 Å². The number of carbonyl (C=O) groups excluding carboxylic acids is 1. The molecule has 0 radical (unpaired) electrons. The predicted octanol–water partition coefficient (Wildman–Crippen LogP) is 3.40. The lowest BCUT2D eigenvalue weighted by atomic mass is 9.91. The summed E-state index contributed by atoms with van der Waals surface area (Å²) >= 11 is 3.38. The monoisotopic (exact) mass is 312 g/mol. The smallest absolute Gasteiger partial charge is 0.240 e. The average molecular weight is 313 g/mol. The highest BCUT2D eigenvalue weighted by atomic mass is 79.9. The van der Waals surface area contributed by atoms with Gasteiger partial charge in [0.05, 0.1) is 0 Å². The van der Waals surface area contributed by atoms with E-state index in [1.165, 1.54) is 0 Å². The van der Waals surface area contributed by atoms with Crippen LogP contribution in [0.25, 0.3) is 0 Å². The normalized spacial score (nSPS) is 14.3. The molecule has 3 N–H and O–H groups in total. The van der Waals surface area contributed by atoms with E-state index in [1.54, 1.807) is 0 Å². The predicted molar refractivity (Wildman–Crippen MR) is 79.4 cm³/mol. The van der Waals surface area contributed by atoms with E-state index in [4.69, 9.17) is 5.73 Å². The van der Waals surface area contributed by atoms with Gasteiger partial charge in [-0.25, -0.2) is 0 Å². The summed E-state index contributed by atoms with van der Waals surface area (Å²) in [7, 11) is 0. The van der Waals surface area contributed by atoms with Gasteiger partial charge in [-0.1, -0.05) is 36.7 Å². The first-order valence-electron chi connectivity index (χ1n) is 6.21. The molecule has 1 aromatic carbocycles. The molecule has 1 amide bonds. The first kappa shape index (κ1) is 15.0. The Hall–Kier alpha value is -1.03. The number of hydrogen-bond acceptors (Lipinski definition) is 2. The van der Waals surface area contributed by atoms with Crippen LogP contribution in [0.3, 0.4) is 0 Å². The van der Waals surface area contributed by atoms with Crippen molar-refractivity contribution in [1.82, 2.24) is 0 Å². The zero-order valence-electron chi connectivity index (χ0n) is 11.1. The van der Waals surface area contributed by atoms with Crippen molar-refractivity contribution in [2.24, 2.45) is 17.6 Å². The van der Waals surface area contributed by atoms with Gasteiger partial charge in [0.25, 0.3) is 0 Å². The van der Waals surface area contributed by atoms with Gasteiger partial charge in [-0.3, -0.25) is 4.79 Å². The third-order valence-corrected chi connectivity index (χ3v) is 3.41. The topological polar surface area (TPSA) is 55.1 Å². The first-order valence-corrected chi connectivity index (χ1v) is 7.01. The molecule has 2 unspecified atom stereocenters. The number of primary amides is 1. The molecule has 0 saturated carbocycles. The standard InChI is InChI=1S/C14H21BrN2O/c1-9(2)8-10(3)13(14(16)18)17-12-6-4-11(15)5-7-12/h4-7,9-10,13,17H,8H2,1-3H3,(H2,16,18). The summed E-state index contributed by atoms with van der Waals surface area (Å²) in [5.41, 5.74) is 6.39. The quantitative estimate of drug-likeness (QED) is 0.846. The van der Waals surface area contributed by atoms with Crippen molar-refractivity contribution in [3.63, 3.8) is 0 Å². The van der Waals surface area contributed by atoms with Crippen LogP contribution in [0.15, 0.2) is 28.7 Å². The molecule has 0 spiro atoms. The summed E-state index contributed by atoms with van der Waals surface area (Å²) in [5.74, 6) is 0.464. The second-order valence-electron chi connectivity index (χ2n) is 5.14. The van der Waals surface area contributed by atoms with Crippen LogP contribution in [-0.4, -0.2) is 11.9 Å². The number of halogens is 1. The summed E-state index contributed by atoms with van der Waals surface area (Å²) < 4.78 is 1.01. The van der Waals surface area contributed by atoms with Crippen LogP contribution in [0, 0.1) is 11.8 Å². The molecule has 18 heavy (non-hydrogen) atoms. The van der Waals surface area contributed by atoms with Gasteiger partial charge in [-0.05, 0) is 42.5 Å². The highest BCUT2D eigenvalue weighted by Gasteiger charge is 2.23. The molecular weight excluding hydrogens is 292 g/mol. The molecule has 100 valence electrons. The van der Waals surface area contributed by atoms with E-state index in [1.807, 2.05) is 24.3 Å². The minimum atomic E-state index is -0.325. The molecule has 0 fully saturated rings. The van der Waals surface area contributed by atoms with E-state index >= 15 is 0 Å². The molecule has 0 saturated heterocycles. The number of benzene rings is 1. The Morgan fingerprint density at radius 1 is 1.28 bits per heavy atom. The number of hydrogen-bond donors (Lipinski definition) is 2. The van der Waals surface area contributed by atoms with E-state index in [-0.39, 0.29) is 17.9 Å². The molecule has 1 aromatic rings. The van der Waals surface area contributed by atoms with Crippen molar-refractivity contribution in [1.29, 1.82) is 0 Å². The van der Waals surface area contributed by atoms with Gasteiger partial charge in [-0.2, -0.15) is 0 Å². The molecule has 0 aliphatic carbocycles. The van der Waals surface area contributed by atoms with Gasteiger partial charge in [0.2, 0.25) is 5.91 Å². The number of amides is 1. The summed E-state index contributed by atoms with van der Waals surface area (Å²) in [6.07, 6.45) is 0.969. The molecule has 4 heteroatoms. The Morgan fingerprint density at radius 3 is 2.28 bits per heavy atom. The Morgan fingerprint density at radius 2 is 1.83 bits per heavy atom. The molecule has 0 heterocycles. The van der Waals surface area contributed by atoms with Crippen molar-refractivity contribution in [3.8, 4) is 0 Å². The van der Waals surface area contributed by atoms with Crippen molar-refractivity contribution in [2.75, 3.05) is 5.32 Å². The third-order valence-electron chi connectivity index (χ3n) is 2.89. The molecule has 0 aromatic heterocycles. The van der Waals surface area contributed by atoms with E-state index in [2.05, 4.69) is 42.0 Å². The molecular formula is C14H21BrN2O. The summed E-state index contributed by atoms with van der Waals surface area (Å²) in [6, 6.07) is 7.42. The maximum Gasteiger partial charge on any atom is 0.240 e. The Labute approximate surface area is 117 Å². The van der Waals surface area contributed by atoms with Crippen LogP contribution in [-0.2, 0) is 4.79 Å². The summed E-state index contributed by atoms with van der Waals surface area (Å²) in [4.78, 5) is 11.5. The Balaban J connectivity index is 2.74. The maximum atomic E-state index is 11.5. The van der Waals surface area contributed by atoms with Crippen LogP contribution in [0.4, 0.5) is 5.69 Å². The SMILES string of the molecule is CC(C)CC(C)C(Nc1ccc(Br)cc1)C(N)=O. The number of anilines is 1. The van der Waals surface area contributed by atoms with Gasteiger partial charge in [0.1, 0.15) is 6.04 Å². The van der Waals surface area contributed by atoms with Crippen LogP contribution in [0.1, 0.15) is 27.2 Å². The maximum absolute atomic E-state index is 11.5. The largest absolute Gasteiger partial charge is 0.373 e. The van der Waals surface area contributed by atoms with Crippen LogP contribution in [0.2, 0.25) is 0 Å². The fraction of sp³-hybridized carbons (Fsp3) is 0.500. The number of carbonyl (C=O) groups is 1. The van der Waals surface area contributed by atoms with E-state index < -0.39 is 0 Å². The second kappa shape index (κ2) is 6.78. The van der Waals surface area contributed by atoms with Crippen LogP contribution < -0.4 is 11.1 Å². The van der Waals surface area contributed by atoms with E-state index in [0.717, 1.165) is 16.6 Å². The van der Waals surface area contributed by atoms with Crippen molar-refractivity contribution in [3.05, 3.63) is 28.7 Å². The number of rotatable bonds is 6. The lowest BCUT2D eigenvalue weighted by Crippen LogP contribution is -2.41. The molecule has 0 aliphatic heterocycles. The summed E-state index contributed by atoms with van der Waals surface area (Å²) in [6.45, 7) is 6.35. The molecule has 0 bridgehead atoms. The molecule has 1 rings (SSSR count). The first-order chi connectivity index (χ1) is 8.40. The zero-order chi connectivity index (χ0) is 13.7. The third kappa shape index (κ3) is 4.69. The minimum absolute atomic E-state index is 0.214. The van der Waals surface area contributed by atoms with E-state index in [9.17, 15) is 4.79 Å². The second-order valence-corrected chi connectivity index (χ2v) is 6.05. The number of nitrogens with two attached hydrogens (primary N) is 1. The van der Waals surface area contributed by atoms with Gasteiger partial charge in [0, 0.05) is 10.2 Å². The molecule has 3 nitrogen and oxygen atoms in total. The van der Waals surface area contributed by atoms with Crippen LogP contribution in [0.5, 0.6) is 0 Å². The highest BCUT2D eigenvalue weighted by Crippen LogP contribution is 2.20. The average Bonchev–Trinajstić information content (AvgIpc) is 2.26. The summed E-state index contributed by atoms with van der Waals surface area (Å²) in [5, 5.41) is 3.22. The zero-order valence-corrected chi connectivity index (χ0v) is 12.7. The van der Waals surface area contributed by atoms with Gasteiger partial charge < -0.3 is 11.1 Å². The Bertz CT molecular complexity index is 389.